The number of nitrogens with zero attached hydrogens (tertiary/aromatic N) is 3. The molecule has 4 rings (SSSR count). The smallest absolute Gasteiger partial charge is 0.0878 e. The maximum Gasteiger partial charge on any atom is 0.0878 e. The molecule has 1 fully saturated rings. The number of nitrogens with one attached hydrogen (secondary N) is 2. The fraction of sp³-hybridized carbons (Fsp3) is 0.308. The quantitative estimate of drug-likeness (QED) is 0.488. The number of aromatic amines is 1. The predicted molar refractivity (Wildman–Crippen MR) is 129 cm³/mol. The van der Waals surface area contributed by atoms with E-state index in [2.05, 4.69) is 56.2 Å². The zero-order valence-corrected chi connectivity index (χ0v) is 18.1. The summed E-state index contributed by atoms with van der Waals surface area (Å²) in [4.78, 5) is 6.75. The van der Waals surface area contributed by atoms with Gasteiger partial charge in [0.2, 0.25) is 0 Å². The molecular formula is C26H31N5. The van der Waals surface area contributed by atoms with E-state index in [1.54, 1.807) is 12.4 Å². The van der Waals surface area contributed by atoms with Gasteiger partial charge in [0.25, 0.3) is 0 Å². The van der Waals surface area contributed by atoms with Crippen LogP contribution in [0.2, 0.25) is 0 Å². The van der Waals surface area contributed by atoms with Crippen LogP contribution < -0.4 is 5.32 Å². The molecule has 3 heterocycles. The molecule has 0 saturated carbocycles. The Morgan fingerprint density at radius 2 is 1.90 bits per heavy atom. The average Bonchev–Trinajstić information content (AvgIpc) is 3.29. The van der Waals surface area contributed by atoms with Crippen molar-refractivity contribution in [2.24, 2.45) is 0 Å². The summed E-state index contributed by atoms with van der Waals surface area (Å²) in [6.07, 6.45) is 15.9. The Kier molecular flexibility index (Phi) is 7.29. The normalized spacial score (nSPS) is 14.7. The van der Waals surface area contributed by atoms with Gasteiger partial charge >= 0.3 is 0 Å². The number of aromatic nitrogens is 3. The number of anilines is 1. The van der Waals surface area contributed by atoms with Crippen LogP contribution in [0.15, 0.2) is 61.6 Å². The lowest BCUT2D eigenvalue weighted by atomic mass is 10.1. The van der Waals surface area contributed by atoms with E-state index in [9.17, 15) is 0 Å². The van der Waals surface area contributed by atoms with Gasteiger partial charge in [-0.1, -0.05) is 43.4 Å². The minimum Gasteiger partial charge on any atom is -0.354 e. The van der Waals surface area contributed by atoms with Crippen LogP contribution >= 0.6 is 0 Å². The van der Waals surface area contributed by atoms with E-state index in [-0.39, 0.29) is 0 Å². The number of aryl methyl sites for hydroxylation is 1. The second-order valence-electron chi connectivity index (χ2n) is 8.13. The Balaban J connectivity index is 1.30. The molecule has 31 heavy (non-hydrogen) atoms. The molecule has 0 bridgehead atoms. The van der Waals surface area contributed by atoms with Crippen LogP contribution in [0.25, 0.3) is 17.8 Å². The number of pyridine rings is 1. The Labute approximate surface area is 184 Å². The van der Waals surface area contributed by atoms with Crippen molar-refractivity contribution in [1.29, 1.82) is 0 Å². The van der Waals surface area contributed by atoms with Gasteiger partial charge in [0, 0.05) is 23.6 Å². The molecule has 0 radical (unpaired) electrons. The van der Waals surface area contributed by atoms with E-state index in [0.29, 0.717) is 0 Å². The maximum atomic E-state index is 4.20. The summed E-state index contributed by atoms with van der Waals surface area (Å²) in [5.74, 6) is 0. The van der Waals surface area contributed by atoms with Gasteiger partial charge in [-0.05, 0) is 74.6 Å². The van der Waals surface area contributed by atoms with Crippen LogP contribution in [-0.2, 0) is 6.42 Å². The van der Waals surface area contributed by atoms with Crippen molar-refractivity contribution in [2.75, 3.05) is 25.0 Å². The largest absolute Gasteiger partial charge is 0.354 e. The monoisotopic (exact) mass is 413 g/mol. The highest BCUT2D eigenvalue weighted by Crippen LogP contribution is 2.21. The molecule has 3 aromatic rings. The summed E-state index contributed by atoms with van der Waals surface area (Å²) in [7, 11) is 0. The van der Waals surface area contributed by atoms with E-state index in [1.165, 1.54) is 50.9 Å². The number of hydrogen-bond acceptors (Lipinski definition) is 4. The van der Waals surface area contributed by atoms with Crippen molar-refractivity contribution < 1.29 is 0 Å². The van der Waals surface area contributed by atoms with Crippen LogP contribution in [0, 0.1) is 0 Å². The number of H-pyrrole nitrogens is 1. The highest BCUT2D eigenvalue weighted by atomic mass is 15.1. The van der Waals surface area contributed by atoms with Crippen molar-refractivity contribution in [3.8, 4) is 0 Å². The van der Waals surface area contributed by atoms with Crippen molar-refractivity contribution in [3.05, 3.63) is 84.0 Å². The summed E-state index contributed by atoms with van der Waals surface area (Å²) in [6.45, 7) is 7.96. The van der Waals surface area contributed by atoms with Crippen molar-refractivity contribution in [3.63, 3.8) is 0 Å². The number of hydrogen-bond donors (Lipinski definition) is 2. The van der Waals surface area contributed by atoms with Gasteiger partial charge in [-0.3, -0.25) is 10.1 Å². The van der Waals surface area contributed by atoms with E-state index >= 15 is 0 Å². The van der Waals surface area contributed by atoms with Gasteiger partial charge < -0.3 is 10.2 Å². The van der Waals surface area contributed by atoms with E-state index in [1.807, 2.05) is 30.5 Å². The highest BCUT2D eigenvalue weighted by molar-refractivity contribution is 5.81. The summed E-state index contributed by atoms with van der Waals surface area (Å²) in [5.41, 5.74) is 6.11. The van der Waals surface area contributed by atoms with E-state index < -0.39 is 0 Å². The molecule has 2 N–H and O–H groups in total. The lowest BCUT2D eigenvalue weighted by Gasteiger charge is -2.26. The number of benzene rings is 1. The van der Waals surface area contributed by atoms with Crippen molar-refractivity contribution in [2.45, 2.75) is 32.1 Å². The molecule has 0 aliphatic carbocycles. The molecular weight excluding hydrogens is 382 g/mol. The van der Waals surface area contributed by atoms with Crippen molar-refractivity contribution in [1.82, 2.24) is 20.1 Å². The lowest BCUT2D eigenvalue weighted by Crippen LogP contribution is -2.30. The molecule has 1 aromatic carbocycles. The summed E-state index contributed by atoms with van der Waals surface area (Å²) in [5, 5.41) is 10.6. The SMILES string of the molecule is C=C(Nc1ccc(CCCN2CCCCC2)cc1)c1[nH]ncc1/C=C/c1cccnc1. The Morgan fingerprint density at radius 3 is 2.68 bits per heavy atom. The lowest BCUT2D eigenvalue weighted by molar-refractivity contribution is 0.226. The zero-order chi connectivity index (χ0) is 21.3. The standard InChI is InChI=1S/C26H31N5/c1-21(26-24(20-28-30-26)12-9-23-7-5-15-27-19-23)29-25-13-10-22(11-14-25)8-6-18-31-16-3-2-4-17-31/h5,7,9-15,19-20,29H,1-4,6,8,16-18H2,(H,28,30)/b12-9+. The maximum absolute atomic E-state index is 4.20. The minimum absolute atomic E-state index is 0.793. The zero-order valence-electron chi connectivity index (χ0n) is 18.1. The Morgan fingerprint density at radius 1 is 1.06 bits per heavy atom. The second-order valence-corrected chi connectivity index (χ2v) is 8.13. The van der Waals surface area contributed by atoms with Crippen LogP contribution in [0.5, 0.6) is 0 Å². The van der Waals surface area contributed by atoms with Gasteiger partial charge in [-0.2, -0.15) is 5.10 Å². The topological polar surface area (TPSA) is 56.8 Å². The summed E-state index contributed by atoms with van der Waals surface area (Å²) in [6, 6.07) is 12.6. The van der Waals surface area contributed by atoms with Gasteiger partial charge in [0.1, 0.15) is 0 Å². The molecule has 1 aliphatic heterocycles. The van der Waals surface area contributed by atoms with Gasteiger partial charge in [0.05, 0.1) is 17.6 Å². The van der Waals surface area contributed by atoms with Crippen LogP contribution in [0.1, 0.15) is 48.1 Å². The molecule has 5 heteroatoms. The van der Waals surface area contributed by atoms with Crippen LogP contribution in [-0.4, -0.2) is 39.7 Å². The fourth-order valence-corrected chi connectivity index (χ4v) is 4.01. The highest BCUT2D eigenvalue weighted by Gasteiger charge is 2.10. The minimum atomic E-state index is 0.793. The third-order valence-electron chi connectivity index (χ3n) is 5.75. The first-order valence-corrected chi connectivity index (χ1v) is 11.2. The number of piperidine rings is 1. The molecule has 1 saturated heterocycles. The Hall–Kier alpha value is -3.18. The average molecular weight is 414 g/mol. The third-order valence-corrected chi connectivity index (χ3v) is 5.75. The third kappa shape index (κ3) is 6.15. The predicted octanol–water partition coefficient (Wildman–Crippen LogP) is 5.48. The van der Waals surface area contributed by atoms with Gasteiger partial charge in [-0.15, -0.1) is 0 Å². The first kappa shape index (κ1) is 21.1. The molecule has 160 valence electrons. The molecule has 5 nitrogen and oxygen atoms in total. The summed E-state index contributed by atoms with van der Waals surface area (Å²) < 4.78 is 0. The molecule has 0 atom stereocenters. The molecule has 1 aliphatic rings. The number of rotatable bonds is 9. The van der Waals surface area contributed by atoms with E-state index in [0.717, 1.165) is 34.6 Å². The summed E-state index contributed by atoms with van der Waals surface area (Å²) >= 11 is 0. The first-order chi connectivity index (χ1) is 15.3. The fourth-order valence-electron chi connectivity index (χ4n) is 4.01. The molecule has 0 amide bonds. The van der Waals surface area contributed by atoms with Crippen LogP contribution in [0.4, 0.5) is 5.69 Å². The molecule has 2 aromatic heterocycles. The molecule has 0 spiro atoms. The van der Waals surface area contributed by atoms with Gasteiger partial charge in [-0.25, -0.2) is 0 Å². The van der Waals surface area contributed by atoms with Gasteiger partial charge in [0.15, 0.2) is 0 Å². The second kappa shape index (κ2) is 10.7. The van der Waals surface area contributed by atoms with Crippen LogP contribution in [0.3, 0.4) is 0 Å². The first-order valence-electron chi connectivity index (χ1n) is 11.2. The van der Waals surface area contributed by atoms with E-state index in [4.69, 9.17) is 0 Å². The Bertz CT molecular complexity index is 982. The van der Waals surface area contributed by atoms with Crippen molar-refractivity contribution >= 4 is 23.5 Å². The molecule has 0 unspecified atom stereocenters. The number of likely N-dealkylation sites (tertiary alicyclic amines) is 1.